The third kappa shape index (κ3) is 4.29. The van der Waals surface area contributed by atoms with E-state index in [1.54, 1.807) is 0 Å². The van der Waals surface area contributed by atoms with E-state index in [-0.39, 0.29) is 17.2 Å². The molecule has 1 spiro atoms. The quantitative estimate of drug-likeness (QED) is 0.336. The van der Waals surface area contributed by atoms with Gasteiger partial charge in [-0.2, -0.15) is 0 Å². The Kier molecular flexibility index (Phi) is 5.99. The minimum atomic E-state index is -1.07. The van der Waals surface area contributed by atoms with Crippen LogP contribution in [0.2, 0.25) is 0 Å². The van der Waals surface area contributed by atoms with Gasteiger partial charge in [0, 0.05) is 14.1 Å². The number of ether oxygens (including phenoxy) is 1. The normalized spacial score (nSPS) is 24.2. The van der Waals surface area contributed by atoms with Gasteiger partial charge in [0.15, 0.2) is 6.61 Å². The number of carbonyl (C=O) groups excluding carboxylic acids is 4. The van der Waals surface area contributed by atoms with E-state index in [9.17, 15) is 28.8 Å². The van der Waals surface area contributed by atoms with Crippen molar-refractivity contribution in [2.24, 2.45) is 25.4 Å². The summed E-state index contributed by atoms with van der Waals surface area (Å²) >= 11 is 0. The fourth-order valence-electron chi connectivity index (χ4n) is 5.16. The molecule has 3 rings (SSSR count). The second kappa shape index (κ2) is 8.16. The highest BCUT2D eigenvalue weighted by atomic mass is 16.5. The third-order valence-electron chi connectivity index (χ3n) is 6.26. The first-order chi connectivity index (χ1) is 15.2. The van der Waals surface area contributed by atoms with Crippen LogP contribution in [-0.2, 0) is 28.4 Å². The van der Waals surface area contributed by atoms with Crippen molar-refractivity contribution < 1.29 is 23.9 Å². The van der Waals surface area contributed by atoms with Crippen molar-refractivity contribution in [1.29, 1.82) is 0 Å². The maximum absolute atomic E-state index is 13.1. The Labute approximate surface area is 189 Å². The summed E-state index contributed by atoms with van der Waals surface area (Å²) in [5.41, 5.74) is 2.39. The van der Waals surface area contributed by atoms with E-state index in [0.717, 1.165) is 15.9 Å². The lowest BCUT2D eigenvalue weighted by Crippen LogP contribution is -2.54. The van der Waals surface area contributed by atoms with Crippen LogP contribution in [-0.4, -0.2) is 56.4 Å². The van der Waals surface area contributed by atoms with Crippen molar-refractivity contribution in [3.05, 3.63) is 26.4 Å². The van der Waals surface area contributed by atoms with Crippen LogP contribution in [0.1, 0.15) is 50.4 Å². The minimum absolute atomic E-state index is 0.161. The molecule has 33 heavy (non-hydrogen) atoms. The number of hydrogen-bond acceptors (Lipinski definition) is 8. The first-order valence-electron chi connectivity index (χ1n) is 10.6. The molecule has 1 saturated carbocycles. The van der Waals surface area contributed by atoms with Crippen LogP contribution < -0.4 is 22.3 Å². The molecular formula is C21H29N5O7. The summed E-state index contributed by atoms with van der Waals surface area (Å²) in [5, 5.41) is 2.75. The molecule has 1 saturated heterocycles. The topological polar surface area (TPSA) is 163 Å². The van der Waals surface area contributed by atoms with E-state index in [4.69, 9.17) is 10.5 Å². The Morgan fingerprint density at radius 2 is 1.76 bits per heavy atom. The number of imide groups is 1. The number of amides is 3. The first-order valence-corrected chi connectivity index (χ1v) is 10.6. The van der Waals surface area contributed by atoms with E-state index in [1.165, 1.54) is 14.1 Å². The van der Waals surface area contributed by atoms with Crippen LogP contribution in [0.5, 0.6) is 0 Å². The summed E-state index contributed by atoms with van der Waals surface area (Å²) in [4.78, 5) is 75.3. The fraction of sp³-hybridized carbons (Fsp3) is 0.619. The summed E-state index contributed by atoms with van der Waals surface area (Å²) in [7, 11) is 2.48. The number of esters is 1. The van der Waals surface area contributed by atoms with Crippen molar-refractivity contribution >= 4 is 29.5 Å². The number of ketones is 1. The number of Topliss-reactive ketones (excluding diaryl/α,β-unsaturated/α-hetero) is 1. The lowest BCUT2D eigenvalue weighted by atomic mass is 9.64. The summed E-state index contributed by atoms with van der Waals surface area (Å²) < 4.78 is 6.56. The van der Waals surface area contributed by atoms with Crippen LogP contribution in [0.25, 0.3) is 0 Å². The number of anilines is 1. The molecule has 1 aromatic rings. The summed E-state index contributed by atoms with van der Waals surface area (Å²) in [6, 6.07) is -0.690. The molecule has 12 heteroatoms. The van der Waals surface area contributed by atoms with Crippen molar-refractivity contribution in [3.8, 4) is 0 Å². The van der Waals surface area contributed by atoms with Gasteiger partial charge in [0.1, 0.15) is 23.5 Å². The largest absolute Gasteiger partial charge is 0.456 e. The molecule has 1 aliphatic heterocycles. The lowest BCUT2D eigenvalue weighted by molar-refractivity contribution is -0.147. The Morgan fingerprint density at radius 1 is 1.12 bits per heavy atom. The van der Waals surface area contributed by atoms with Gasteiger partial charge in [-0.1, -0.05) is 20.8 Å². The Morgan fingerprint density at radius 3 is 2.36 bits per heavy atom. The predicted molar refractivity (Wildman–Crippen MR) is 116 cm³/mol. The SMILES string of the molecule is CC1CC(C)(C)CC2(C1)NC(=O)N(CC(=O)OCC(=O)c1c(N)n(C)c(=O)n(C)c1=O)C2=O. The highest BCUT2D eigenvalue weighted by molar-refractivity contribution is 6.09. The number of aromatic nitrogens is 2. The second-order valence-electron chi connectivity index (χ2n) is 9.81. The van der Waals surface area contributed by atoms with Crippen LogP contribution in [0, 0.1) is 11.3 Å². The van der Waals surface area contributed by atoms with E-state index < -0.39 is 59.2 Å². The number of nitrogen functional groups attached to an aromatic ring is 1. The van der Waals surface area contributed by atoms with Crippen LogP contribution >= 0.6 is 0 Å². The van der Waals surface area contributed by atoms with Gasteiger partial charge in [-0.05, 0) is 30.6 Å². The van der Waals surface area contributed by atoms with E-state index >= 15 is 0 Å². The molecule has 3 N–H and O–H groups in total. The fourth-order valence-corrected chi connectivity index (χ4v) is 5.16. The number of nitrogens with zero attached hydrogens (tertiary/aromatic N) is 3. The molecule has 1 aliphatic carbocycles. The second-order valence-corrected chi connectivity index (χ2v) is 9.81. The van der Waals surface area contributed by atoms with Gasteiger partial charge in [-0.3, -0.25) is 33.2 Å². The van der Waals surface area contributed by atoms with Crippen LogP contribution in [0.3, 0.4) is 0 Å². The van der Waals surface area contributed by atoms with Gasteiger partial charge >= 0.3 is 17.7 Å². The molecule has 3 amide bonds. The predicted octanol–water partition coefficient (Wildman–Crippen LogP) is -0.471. The van der Waals surface area contributed by atoms with Gasteiger partial charge in [0.25, 0.3) is 11.5 Å². The summed E-state index contributed by atoms with van der Waals surface area (Å²) in [5.74, 6) is -2.54. The van der Waals surface area contributed by atoms with E-state index in [2.05, 4.69) is 5.32 Å². The number of carbonyl (C=O) groups is 4. The van der Waals surface area contributed by atoms with Crippen LogP contribution in [0.4, 0.5) is 10.6 Å². The van der Waals surface area contributed by atoms with Crippen molar-refractivity contribution in [2.75, 3.05) is 18.9 Å². The van der Waals surface area contributed by atoms with Gasteiger partial charge in [0.05, 0.1) is 0 Å². The zero-order valence-corrected chi connectivity index (χ0v) is 19.4. The molecule has 12 nitrogen and oxygen atoms in total. The number of nitrogens with one attached hydrogen (secondary N) is 1. The molecule has 2 aliphatic rings. The van der Waals surface area contributed by atoms with Gasteiger partial charge in [0.2, 0.25) is 5.78 Å². The zero-order chi connectivity index (χ0) is 24.9. The maximum atomic E-state index is 13.1. The first kappa shape index (κ1) is 24.2. The molecule has 0 aromatic carbocycles. The zero-order valence-electron chi connectivity index (χ0n) is 19.4. The maximum Gasteiger partial charge on any atom is 0.332 e. The number of nitrogens with two attached hydrogens (primary N) is 1. The van der Waals surface area contributed by atoms with Crippen molar-refractivity contribution in [1.82, 2.24) is 19.4 Å². The molecule has 2 unspecified atom stereocenters. The Balaban J connectivity index is 1.69. The molecule has 2 atom stereocenters. The number of urea groups is 1. The minimum Gasteiger partial charge on any atom is -0.456 e. The molecular weight excluding hydrogens is 434 g/mol. The summed E-state index contributed by atoms with van der Waals surface area (Å²) in [6.07, 6.45) is 1.84. The smallest absolute Gasteiger partial charge is 0.332 e. The monoisotopic (exact) mass is 463 g/mol. The Hall–Kier alpha value is -3.44. The molecule has 2 heterocycles. The van der Waals surface area contributed by atoms with Gasteiger partial charge < -0.3 is 15.8 Å². The highest BCUT2D eigenvalue weighted by Gasteiger charge is 2.56. The average molecular weight is 463 g/mol. The lowest BCUT2D eigenvalue weighted by Gasteiger charge is -2.43. The highest BCUT2D eigenvalue weighted by Crippen LogP contribution is 2.46. The van der Waals surface area contributed by atoms with Gasteiger partial charge in [-0.15, -0.1) is 0 Å². The number of hydrogen-bond donors (Lipinski definition) is 2. The van der Waals surface area contributed by atoms with E-state index in [1.807, 2.05) is 20.8 Å². The third-order valence-corrected chi connectivity index (χ3v) is 6.26. The standard InChI is InChI=1S/C21H29N5O7/c1-11-6-20(2,3)10-21(7-11)17(30)26(18(31)23-21)8-13(28)33-9-12(27)14-15(22)24(4)19(32)25(5)16(14)29/h11H,6-10,22H2,1-5H3,(H,23,31). The van der Waals surface area contributed by atoms with Crippen molar-refractivity contribution in [3.63, 3.8) is 0 Å². The summed E-state index contributed by atoms with van der Waals surface area (Å²) in [6.45, 7) is 4.56. The Bertz CT molecular complexity index is 1160. The average Bonchev–Trinajstić information content (AvgIpc) is 2.91. The van der Waals surface area contributed by atoms with Gasteiger partial charge in [-0.25, -0.2) is 9.59 Å². The molecule has 2 fully saturated rings. The molecule has 0 bridgehead atoms. The number of rotatable bonds is 5. The molecule has 180 valence electrons. The van der Waals surface area contributed by atoms with E-state index in [0.29, 0.717) is 17.4 Å². The molecule has 1 aromatic heterocycles. The van der Waals surface area contributed by atoms with Crippen LogP contribution in [0.15, 0.2) is 9.59 Å². The molecule has 0 radical (unpaired) electrons. The van der Waals surface area contributed by atoms with Crippen molar-refractivity contribution in [2.45, 2.75) is 45.6 Å².